The van der Waals surface area contributed by atoms with Gasteiger partial charge in [-0.05, 0) is 63.4 Å². The third kappa shape index (κ3) is 3.04. The van der Waals surface area contributed by atoms with Crippen molar-refractivity contribution in [2.24, 2.45) is 0 Å². The van der Waals surface area contributed by atoms with Gasteiger partial charge in [-0.25, -0.2) is 0 Å². The molecule has 1 atom stereocenters. The van der Waals surface area contributed by atoms with Gasteiger partial charge >= 0.3 is 0 Å². The minimum absolute atomic E-state index is 0.520. The third-order valence-electron chi connectivity index (χ3n) is 5.90. The maximum absolute atomic E-state index is 3.62. The van der Waals surface area contributed by atoms with Crippen LogP contribution in [-0.4, -0.2) is 31.7 Å². The number of hydrogen-bond donors (Lipinski definition) is 1. The Morgan fingerprint density at radius 2 is 1.69 bits per heavy atom. The predicted octanol–water partition coefficient (Wildman–Crippen LogP) is 4.88. The number of benzene rings is 2. The van der Waals surface area contributed by atoms with Gasteiger partial charge in [0.25, 0.3) is 0 Å². The molecule has 0 radical (unpaired) electrons. The molecule has 26 heavy (non-hydrogen) atoms. The van der Waals surface area contributed by atoms with E-state index in [1.165, 1.54) is 28.2 Å². The molecule has 4 rings (SSSR count). The van der Waals surface area contributed by atoms with Gasteiger partial charge in [0, 0.05) is 43.3 Å². The van der Waals surface area contributed by atoms with E-state index < -0.39 is 0 Å². The molecule has 0 fully saturated rings. The van der Waals surface area contributed by atoms with Crippen LogP contribution in [0.5, 0.6) is 0 Å². The molecular weight excluding hydrogens is 318 g/mol. The second-order valence-electron chi connectivity index (χ2n) is 8.27. The van der Waals surface area contributed by atoms with Gasteiger partial charge in [0.15, 0.2) is 0 Å². The van der Waals surface area contributed by atoms with Crippen LogP contribution in [0, 0.1) is 0 Å². The van der Waals surface area contributed by atoms with Crippen LogP contribution in [0.3, 0.4) is 0 Å². The van der Waals surface area contributed by atoms with Crippen molar-refractivity contribution < 1.29 is 0 Å². The second-order valence-corrected chi connectivity index (χ2v) is 8.27. The molecule has 0 aromatic heterocycles. The molecule has 0 amide bonds. The highest BCUT2D eigenvalue weighted by Gasteiger charge is 2.28. The fraction of sp³-hybridized carbons (Fsp3) is 0.478. The van der Waals surface area contributed by atoms with E-state index in [-0.39, 0.29) is 0 Å². The minimum Gasteiger partial charge on any atom is -0.382 e. The van der Waals surface area contributed by atoms with Crippen LogP contribution >= 0.6 is 0 Å². The number of nitrogens with zero attached hydrogens (tertiary/aromatic N) is 2. The first-order valence-electron chi connectivity index (χ1n) is 10.0. The molecule has 3 heteroatoms. The van der Waals surface area contributed by atoms with Crippen molar-refractivity contribution >= 4 is 17.1 Å². The Labute approximate surface area is 158 Å². The van der Waals surface area contributed by atoms with Gasteiger partial charge in [-0.15, -0.1) is 0 Å². The van der Waals surface area contributed by atoms with Gasteiger partial charge < -0.3 is 15.1 Å². The lowest BCUT2D eigenvalue weighted by atomic mass is 9.86. The van der Waals surface area contributed by atoms with E-state index >= 15 is 0 Å². The molecule has 2 aliphatic heterocycles. The molecule has 138 valence electrons. The number of anilines is 3. The fourth-order valence-corrected chi connectivity index (χ4v) is 4.51. The van der Waals surface area contributed by atoms with Gasteiger partial charge in [0.1, 0.15) is 0 Å². The third-order valence-corrected chi connectivity index (χ3v) is 5.90. The lowest BCUT2D eigenvalue weighted by molar-refractivity contribution is 0.567. The zero-order chi connectivity index (χ0) is 18.3. The smallest absolute Gasteiger partial charge is 0.0605 e. The summed E-state index contributed by atoms with van der Waals surface area (Å²) in [5.41, 5.74) is 7.01. The zero-order valence-electron chi connectivity index (χ0n) is 16.5. The molecule has 2 aromatic rings. The molecule has 2 heterocycles. The average molecular weight is 350 g/mol. The Morgan fingerprint density at radius 3 is 2.46 bits per heavy atom. The maximum Gasteiger partial charge on any atom is 0.0605 e. The quantitative estimate of drug-likeness (QED) is 0.852. The van der Waals surface area contributed by atoms with E-state index in [9.17, 15) is 0 Å². The molecule has 2 aliphatic rings. The van der Waals surface area contributed by atoms with E-state index in [0.29, 0.717) is 18.0 Å². The van der Waals surface area contributed by atoms with Crippen molar-refractivity contribution in [3.05, 3.63) is 53.6 Å². The number of nitrogens with one attached hydrogen (secondary N) is 1. The molecule has 0 saturated carbocycles. The van der Waals surface area contributed by atoms with Crippen LogP contribution < -0.4 is 15.1 Å². The minimum atomic E-state index is 0.520. The van der Waals surface area contributed by atoms with Crippen LogP contribution in [0.4, 0.5) is 17.1 Å². The summed E-state index contributed by atoms with van der Waals surface area (Å²) in [6.07, 6.45) is 1.13. The van der Waals surface area contributed by atoms with Crippen molar-refractivity contribution in [1.29, 1.82) is 0 Å². The summed E-state index contributed by atoms with van der Waals surface area (Å²) < 4.78 is 0. The Hall–Kier alpha value is -2.16. The summed E-state index contributed by atoms with van der Waals surface area (Å²) in [6, 6.07) is 17.1. The highest BCUT2D eigenvalue weighted by atomic mass is 15.2. The van der Waals surface area contributed by atoms with E-state index in [1.807, 2.05) is 0 Å². The lowest BCUT2D eigenvalue weighted by Gasteiger charge is -2.40. The van der Waals surface area contributed by atoms with Crippen molar-refractivity contribution in [1.82, 2.24) is 0 Å². The molecule has 2 aromatic carbocycles. The Balaban J connectivity index is 1.66. The van der Waals surface area contributed by atoms with Crippen molar-refractivity contribution in [3.63, 3.8) is 0 Å². The van der Waals surface area contributed by atoms with Crippen molar-refractivity contribution in [2.45, 2.75) is 52.1 Å². The van der Waals surface area contributed by atoms with Crippen LogP contribution in [0.2, 0.25) is 0 Å². The summed E-state index contributed by atoms with van der Waals surface area (Å²) in [4.78, 5) is 5.07. The van der Waals surface area contributed by atoms with Gasteiger partial charge in [0.2, 0.25) is 0 Å². The number of rotatable bonds is 3. The van der Waals surface area contributed by atoms with E-state index in [0.717, 1.165) is 26.1 Å². The lowest BCUT2D eigenvalue weighted by Crippen LogP contribution is -2.40. The Bertz CT molecular complexity index is 781. The monoisotopic (exact) mass is 349 g/mol. The van der Waals surface area contributed by atoms with E-state index in [1.54, 1.807) is 0 Å². The Morgan fingerprint density at radius 1 is 0.923 bits per heavy atom. The molecular formula is C23H31N3. The van der Waals surface area contributed by atoms with Gasteiger partial charge in [-0.2, -0.15) is 0 Å². The predicted molar refractivity (Wildman–Crippen MR) is 113 cm³/mol. The van der Waals surface area contributed by atoms with Crippen LogP contribution in [0.1, 0.15) is 44.7 Å². The molecule has 0 saturated heterocycles. The van der Waals surface area contributed by atoms with Gasteiger partial charge in [-0.1, -0.05) is 24.3 Å². The Kier molecular flexibility index (Phi) is 4.56. The average Bonchev–Trinajstić information content (AvgIpc) is 2.65. The highest BCUT2D eigenvalue weighted by molar-refractivity contribution is 5.73. The summed E-state index contributed by atoms with van der Waals surface area (Å²) >= 11 is 0. The van der Waals surface area contributed by atoms with Crippen LogP contribution in [0.15, 0.2) is 42.5 Å². The molecule has 1 N–H and O–H groups in total. The van der Waals surface area contributed by atoms with Crippen molar-refractivity contribution in [3.8, 4) is 0 Å². The maximum atomic E-state index is 3.62. The first-order valence-corrected chi connectivity index (χ1v) is 10.0. The van der Waals surface area contributed by atoms with Crippen molar-refractivity contribution in [2.75, 3.05) is 34.8 Å². The summed E-state index contributed by atoms with van der Waals surface area (Å²) in [7, 11) is 0. The summed E-state index contributed by atoms with van der Waals surface area (Å²) in [5.74, 6) is 0.550. The number of hydrogen-bond acceptors (Lipinski definition) is 3. The zero-order valence-corrected chi connectivity index (χ0v) is 16.5. The van der Waals surface area contributed by atoms with Crippen LogP contribution in [0.25, 0.3) is 0 Å². The number of fused-ring (bicyclic) bond motifs is 2. The number of para-hydroxylation sites is 1. The molecule has 0 bridgehead atoms. The molecule has 0 spiro atoms. The molecule has 1 unspecified atom stereocenters. The van der Waals surface area contributed by atoms with Crippen LogP contribution in [-0.2, 0) is 6.42 Å². The fourth-order valence-electron chi connectivity index (χ4n) is 4.51. The largest absolute Gasteiger partial charge is 0.382 e. The summed E-state index contributed by atoms with van der Waals surface area (Å²) in [5, 5.41) is 3.62. The normalized spacial score (nSPS) is 19.4. The van der Waals surface area contributed by atoms with E-state index in [2.05, 4.69) is 85.3 Å². The molecule has 0 aliphatic carbocycles. The molecule has 3 nitrogen and oxygen atoms in total. The van der Waals surface area contributed by atoms with Gasteiger partial charge in [-0.3, -0.25) is 0 Å². The second kappa shape index (κ2) is 6.86. The van der Waals surface area contributed by atoms with Gasteiger partial charge in [0.05, 0.1) is 11.4 Å². The summed E-state index contributed by atoms with van der Waals surface area (Å²) in [6.45, 7) is 12.4. The highest BCUT2D eigenvalue weighted by Crippen LogP contribution is 2.39. The first kappa shape index (κ1) is 17.3. The SMILES string of the molecule is CC(C)N1CC(c2ccc3c(c2)NCCN3C(C)C)Cc2ccccc21. The standard InChI is InChI=1S/C23H31N3/c1-16(2)25-12-11-24-21-14-18(9-10-23(21)25)20-13-19-7-5-6-8-22(19)26(15-20)17(3)4/h5-10,14,16-17,20,24H,11-13,15H2,1-4H3. The first-order chi connectivity index (χ1) is 12.5. The van der Waals surface area contributed by atoms with E-state index in [4.69, 9.17) is 0 Å². The topological polar surface area (TPSA) is 18.5 Å².